The van der Waals surface area contributed by atoms with Gasteiger partial charge in [-0.25, -0.2) is 14.8 Å². The SMILES string of the molecule is Cc1nc(N)ccc1CNC(=O)[C@H](C)N.Cc1nc(N)ccc1CNC(=O)[C@H](C)NC(=O)OC(C)(C)C. The number of alkyl carbamates (subject to hydrolysis) is 1. The Morgan fingerprint density at radius 2 is 1.30 bits per heavy atom. The molecule has 37 heavy (non-hydrogen) atoms. The number of nitrogens with one attached hydrogen (secondary N) is 3. The Morgan fingerprint density at radius 1 is 0.865 bits per heavy atom. The van der Waals surface area contributed by atoms with Crippen molar-refractivity contribution in [3.63, 3.8) is 0 Å². The van der Waals surface area contributed by atoms with E-state index in [0.29, 0.717) is 24.7 Å². The highest BCUT2D eigenvalue weighted by molar-refractivity contribution is 5.85. The molecule has 0 aliphatic carbocycles. The second-order valence-electron chi connectivity index (χ2n) is 9.55. The molecule has 2 rings (SSSR count). The largest absolute Gasteiger partial charge is 0.444 e. The average Bonchev–Trinajstić information content (AvgIpc) is 2.76. The van der Waals surface area contributed by atoms with E-state index in [0.717, 1.165) is 22.5 Å². The molecule has 0 bridgehead atoms. The van der Waals surface area contributed by atoms with Gasteiger partial charge < -0.3 is 37.9 Å². The van der Waals surface area contributed by atoms with E-state index >= 15 is 0 Å². The summed E-state index contributed by atoms with van der Waals surface area (Å²) in [5, 5.41) is 7.94. The lowest BCUT2D eigenvalue weighted by atomic mass is 10.2. The van der Waals surface area contributed by atoms with E-state index in [1.54, 1.807) is 46.8 Å². The van der Waals surface area contributed by atoms with Crippen molar-refractivity contribution in [2.45, 2.75) is 79.2 Å². The highest BCUT2D eigenvalue weighted by Crippen LogP contribution is 2.09. The zero-order chi connectivity index (χ0) is 28.3. The molecule has 2 aromatic heterocycles. The molecule has 2 heterocycles. The second-order valence-corrected chi connectivity index (χ2v) is 9.55. The Balaban J connectivity index is 0.000000397. The van der Waals surface area contributed by atoms with Gasteiger partial charge >= 0.3 is 6.09 Å². The number of nitrogen functional groups attached to an aromatic ring is 2. The fourth-order valence-corrected chi connectivity index (χ4v) is 2.82. The number of aryl methyl sites for hydroxylation is 2. The lowest BCUT2D eigenvalue weighted by Gasteiger charge is -2.21. The number of rotatable bonds is 7. The van der Waals surface area contributed by atoms with Crippen LogP contribution >= 0.6 is 0 Å². The molecule has 0 spiro atoms. The highest BCUT2D eigenvalue weighted by Gasteiger charge is 2.21. The molecular formula is C25H40N8O4. The molecule has 12 nitrogen and oxygen atoms in total. The lowest BCUT2D eigenvalue weighted by molar-refractivity contribution is -0.123. The minimum Gasteiger partial charge on any atom is -0.444 e. The van der Waals surface area contributed by atoms with Crippen LogP contribution in [0.15, 0.2) is 24.3 Å². The van der Waals surface area contributed by atoms with Gasteiger partial charge in [0.2, 0.25) is 11.8 Å². The zero-order valence-corrected chi connectivity index (χ0v) is 22.6. The smallest absolute Gasteiger partial charge is 0.408 e. The first kappa shape index (κ1) is 31.1. The van der Waals surface area contributed by atoms with Crippen molar-refractivity contribution in [2.75, 3.05) is 11.5 Å². The van der Waals surface area contributed by atoms with Gasteiger partial charge in [0.1, 0.15) is 23.3 Å². The number of nitrogens with zero attached hydrogens (tertiary/aromatic N) is 2. The van der Waals surface area contributed by atoms with Gasteiger partial charge in [0, 0.05) is 24.5 Å². The molecule has 0 saturated heterocycles. The van der Waals surface area contributed by atoms with Crippen molar-refractivity contribution < 1.29 is 19.1 Å². The molecule has 0 aliphatic rings. The van der Waals surface area contributed by atoms with E-state index in [2.05, 4.69) is 25.9 Å². The Kier molecular flexibility index (Phi) is 11.7. The summed E-state index contributed by atoms with van der Waals surface area (Å²) < 4.78 is 5.10. The average molecular weight is 517 g/mol. The van der Waals surface area contributed by atoms with Crippen molar-refractivity contribution in [3.8, 4) is 0 Å². The van der Waals surface area contributed by atoms with E-state index in [1.165, 1.54) is 0 Å². The molecular weight excluding hydrogens is 476 g/mol. The maximum atomic E-state index is 12.0. The highest BCUT2D eigenvalue weighted by atomic mass is 16.6. The molecule has 0 unspecified atom stereocenters. The number of nitrogens with two attached hydrogens (primary N) is 3. The third-order valence-corrected chi connectivity index (χ3v) is 4.88. The van der Waals surface area contributed by atoms with Gasteiger partial charge in [-0.1, -0.05) is 12.1 Å². The number of anilines is 2. The quantitative estimate of drug-likeness (QED) is 0.315. The number of amides is 3. The number of ether oxygens (including phenoxy) is 1. The zero-order valence-electron chi connectivity index (χ0n) is 22.6. The van der Waals surface area contributed by atoms with Crippen LogP contribution in [0.5, 0.6) is 0 Å². The number of pyridine rings is 2. The topological polar surface area (TPSA) is 200 Å². The Morgan fingerprint density at radius 3 is 1.68 bits per heavy atom. The first-order valence-electron chi connectivity index (χ1n) is 11.8. The van der Waals surface area contributed by atoms with Gasteiger partial charge in [0.25, 0.3) is 0 Å². The van der Waals surface area contributed by atoms with E-state index in [-0.39, 0.29) is 11.8 Å². The van der Waals surface area contributed by atoms with Crippen molar-refractivity contribution in [2.24, 2.45) is 5.73 Å². The summed E-state index contributed by atoms with van der Waals surface area (Å²) in [5.41, 5.74) is 19.3. The minimum atomic E-state index is -0.697. The summed E-state index contributed by atoms with van der Waals surface area (Å²) in [4.78, 5) is 43.0. The van der Waals surface area contributed by atoms with Crippen LogP contribution < -0.4 is 33.2 Å². The maximum absolute atomic E-state index is 12.0. The summed E-state index contributed by atoms with van der Waals surface area (Å²) in [6.07, 6.45) is -0.625. The van der Waals surface area contributed by atoms with Crippen molar-refractivity contribution in [1.82, 2.24) is 25.9 Å². The van der Waals surface area contributed by atoms with Crippen LogP contribution in [0.25, 0.3) is 0 Å². The summed E-state index contributed by atoms with van der Waals surface area (Å²) >= 11 is 0. The Labute approximate surface area is 218 Å². The predicted octanol–water partition coefficient (Wildman–Crippen LogP) is 1.44. The van der Waals surface area contributed by atoms with Gasteiger partial charge in [-0.05, 0) is 71.7 Å². The fourth-order valence-electron chi connectivity index (χ4n) is 2.82. The van der Waals surface area contributed by atoms with Gasteiger partial charge in [-0.15, -0.1) is 0 Å². The molecule has 2 atom stereocenters. The van der Waals surface area contributed by atoms with Gasteiger partial charge in [-0.3, -0.25) is 9.59 Å². The van der Waals surface area contributed by atoms with Crippen LogP contribution in [-0.4, -0.2) is 45.6 Å². The lowest BCUT2D eigenvalue weighted by Crippen LogP contribution is -2.46. The van der Waals surface area contributed by atoms with E-state index in [9.17, 15) is 14.4 Å². The number of hydrogen-bond acceptors (Lipinski definition) is 9. The van der Waals surface area contributed by atoms with Crippen LogP contribution in [-0.2, 0) is 27.4 Å². The van der Waals surface area contributed by atoms with E-state index in [1.807, 2.05) is 26.0 Å². The van der Waals surface area contributed by atoms with E-state index < -0.39 is 23.8 Å². The van der Waals surface area contributed by atoms with Crippen LogP contribution in [0.1, 0.15) is 57.1 Å². The summed E-state index contributed by atoms with van der Waals surface area (Å²) in [6, 6.07) is 5.85. The third-order valence-electron chi connectivity index (χ3n) is 4.88. The second kappa shape index (κ2) is 14.0. The summed E-state index contributed by atoms with van der Waals surface area (Å²) in [6.45, 7) is 12.9. The molecule has 0 saturated carbocycles. The molecule has 0 aliphatic heterocycles. The van der Waals surface area contributed by atoms with Crippen LogP contribution in [0, 0.1) is 13.8 Å². The molecule has 12 heteroatoms. The predicted molar refractivity (Wildman–Crippen MR) is 143 cm³/mol. The number of carbonyl (C=O) groups excluding carboxylic acids is 3. The molecule has 3 amide bonds. The van der Waals surface area contributed by atoms with Crippen LogP contribution in [0.4, 0.5) is 16.4 Å². The number of hydrogen-bond donors (Lipinski definition) is 6. The fraction of sp³-hybridized carbons (Fsp3) is 0.480. The minimum absolute atomic E-state index is 0.175. The summed E-state index contributed by atoms with van der Waals surface area (Å²) in [7, 11) is 0. The monoisotopic (exact) mass is 516 g/mol. The number of aromatic nitrogens is 2. The van der Waals surface area contributed by atoms with Crippen molar-refractivity contribution in [1.29, 1.82) is 0 Å². The maximum Gasteiger partial charge on any atom is 0.408 e. The van der Waals surface area contributed by atoms with Gasteiger partial charge in [0.05, 0.1) is 6.04 Å². The first-order valence-corrected chi connectivity index (χ1v) is 11.8. The molecule has 0 fully saturated rings. The van der Waals surface area contributed by atoms with Gasteiger partial charge in [0.15, 0.2) is 0 Å². The Bertz CT molecular complexity index is 1080. The molecule has 9 N–H and O–H groups in total. The molecule has 204 valence electrons. The molecule has 0 aromatic carbocycles. The van der Waals surface area contributed by atoms with Crippen LogP contribution in [0.2, 0.25) is 0 Å². The third kappa shape index (κ3) is 12.0. The van der Waals surface area contributed by atoms with E-state index in [4.69, 9.17) is 21.9 Å². The first-order chi connectivity index (χ1) is 17.1. The standard InChI is InChI=1S/C15H24N4O3.C10H16N4O/c1-9-11(6-7-12(16)18-9)8-17-13(20)10(2)19-14(21)22-15(3,4)5;1-6(11)10(15)13-5-8-3-4-9(12)14-7(8)2/h6-7,10H,8H2,1-5H3,(H2,16,18)(H,17,20)(H,19,21);3-4,6H,5,11H2,1-2H3,(H2,12,14)(H,13,15)/t10-;6-/m00/s1. The van der Waals surface area contributed by atoms with Crippen molar-refractivity contribution >= 4 is 29.5 Å². The van der Waals surface area contributed by atoms with Crippen LogP contribution in [0.3, 0.4) is 0 Å². The van der Waals surface area contributed by atoms with Crippen molar-refractivity contribution in [3.05, 3.63) is 46.8 Å². The normalized spacial score (nSPS) is 12.3. The summed E-state index contributed by atoms with van der Waals surface area (Å²) in [5.74, 6) is 0.440. The van der Waals surface area contributed by atoms with Gasteiger partial charge in [-0.2, -0.15) is 0 Å². The Hall–Kier alpha value is -3.93. The molecule has 2 aromatic rings. The number of carbonyl (C=O) groups is 3. The molecule has 0 radical (unpaired) electrons.